The van der Waals surface area contributed by atoms with E-state index in [1.54, 1.807) is 32.2 Å². The van der Waals surface area contributed by atoms with Crippen molar-refractivity contribution >= 4 is 11.9 Å². The van der Waals surface area contributed by atoms with Gasteiger partial charge in [0.05, 0.1) is 18.4 Å². The highest BCUT2D eigenvalue weighted by atomic mass is 19.1. The Hall–Kier alpha value is -3.48. The van der Waals surface area contributed by atoms with E-state index in [0.717, 1.165) is 5.56 Å². The maximum atomic E-state index is 13.7. The van der Waals surface area contributed by atoms with Crippen molar-refractivity contribution in [3.05, 3.63) is 82.9 Å². The predicted octanol–water partition coefficient (Wildman–Crippen LogP) is 3.47. The van der Waals surface area contributed by atoms with Crippen LogP contribution in [0.1, 0.15) is 27.2 Å². The number of halogens is 1. The molecule has 0 unspecified atom stereocenters. The van der Waals surface area contributed by atoms with Crippen molar-refractivity contribution in [2.24, 2.45) is 0 Å². The van der Waals surface area contributed by atoms with Crippen molar-refractivity contribution in [3.63, 3.8) is 0 Å². The number of rotatable bonds is 7. The van der Waals surface area contributed by atoms with Crippen LogP contribution in [0.25, 0.3) is 0 Å². The number of hydrogen-bond acceptors (Lipinski definition) is 5. The van der Waals surface area contributed by atoms with Gasteiger partial charge < -0.3 is 15.4 Å². The Balaban J connectivity index is 1.63. The minimum atomic E-state index is -0.293. The molecule has 0 spiro atoms. The molecule has 0 fully saturated rings. The number of benzene rings is 2. The van der Waals surface area contributed by atoms with Crippen LogP contribution < -0.4 is 15.4 Å². The van der Waals surface area contributed by atoms with Gasteiger partial charge in [-0.05, 0) is 19.1 Å². The van der Waals surface area contributed by atoms with Crippen molar-refractivity contribution in [1.82, 2.24) is 15.3 Å². The van der Waals surface area contributed by atoms with Crippen LogP contribution >= 0.6 is 0 Å². The second kappa shape index (κ2) is 8.94. The lowest BCUT2D eigenvalue weighted by molar-refractivity contribution is 0.0949. The Labute approximate surface area is 162 Å². The largest absolute Gasteiger partial charge is 0.496 e. The number of ether oxygens (including phenoxy) is 1. The summed E-state index contributed by atoms with van der Waals surface area (Å²) in [6, 6.07) is 14.0. The van der Waals surface area contributed by atoms with E-state index in [2.05, 4.69) is 20.6 Å². The number of aryl methyl sites for hydroxylation is 1. The number of carbonyl (C=O) groups excluding carboxylic acids is 1. The second-order valence-corrected chi connectivity index (χ2v) is 6.13. The molecule has 0 aliphatic heterocycles. The zero-order valence-electron chi connectivity index (χ0n) is 15.7. The molecule has 3 rings (SSSR count). The first kappa shape index (κ1) is 19.3. The van der Waals surface area contributed by atoms with Gasteiger partial charge in [-0.15, -0.1) is 0 Å². The Kier molecular flexibility index (Phi) is 6.16. The third kappa shape index (κ3) is 4.62. The molecule has 28 heavy (non-hydrogen) atoms. The molecule has 0 aliphatic carbocycles. The Bertz CT molecular complexity index is 978. The topological polar surface area (TPSA) is 76.1 Å². The SMILES string of the molecule is COc1ccccc1CNC(=O)c1cnc(NCc2ccccc2F)nc1C. The highest BCUT2D eigenvalue weighted by molar-refractivity contribution is 5.95. The van der Waals surface area contributed by atoms with E-state index in [0.29, 0.717) is 35.1 Å². The molecule has 2 aromatic carbocycles. The first-order valence-electron chi connectivity index (χ1n) is 8.79. The Morgan fingerprint density at radius 3 is 2.50 bits per heavy atom. The lowest BCUT2D eigenvalue weighted by atomic mass is 10.2. The summed E-state index contributed by atoms with van der Waals surface area (Å²) >= 11 is 0. The average Bonchev–Trinajstić information content (AvgIpc) is 2.71. The number of anilines is 1. The van der Waals surface area contributed by atoms with Crippen LogP contribution in [-0.4, -0.2) is 23.0 Å². The number of nitrogens with zero attached hydrogens (tertiary/aromatic N) is 2. The smallest absolute Gasteiger partial charge is 0.254 e. The first-order chi connectivity index (χ1) is 13.6. The van der Waals surface area contributed by atoms with Crippen LogP contribution in [0.15, 0.2) is 54.7 Å². The summed E-state index contributed by atoms with van der Waals surface area (Å²) in [4.78, 5) is 20.9. The molecule has 6 nitrogen and oxygen atoms in total. The van der Waals surface area contributed by atoms with Gasteiger partial charge >= 0.3 is 0 Å². The van der Waals surface area contributed by atoms with Crippen molar-refractivity contribution in [3.8, 4) is 5.75 Å². The van der Waals surface area contributed by atoms with E-state index in [4.69, 9.17) is 4.74 Å². The molecule has 0 atom stereocenters. The summed E-state index contributed by atoms with van der Waals surface area (Å²) in [6.45, 7) is 2.31. The van der Waals surface area contributed by atoms with E-state index in [1.807, 2.05) is 24.3 Å². The molecular weight excluding hydrogens is 359 g/mol. The standard InChI is InChI=1S/C21H21FN4O2/c1-14-17(20(27)23-12-16-8-4-6-10-19(16)28-2)13-25-21(26-14)24-11-15-7-3-5-9-18(15)22/h3-10,13H,11-12H2,1-2H3,(H,23,27)(H,24,25,26). The van der Waals surface area contributed by atoms with Crippen molar-refractivity contribution in [2.75, 3.05) is 12.4 Å². The van der Waals surface area contributed by atoms with E-state index in [9.17, 15) is 9.18 Å². The fourth-order valence-electron chi connectivity index (χ4n) is 2.71. The second-order valence-electron chi connectivity index (χ2n) is 6.13. The number of methoxy groups -OCH3 is 1. The number of carbonyl (C=O) groups is 1. The van der Waals surface area contributed by atoms with Crippen LogP contribution in [0.5, 0.6) is 5.75 Å². The lowest BCUT2D eigenvalue weighted by Gasteiger charge is -2.11. The summed E-state index contributed by atoms with van der Waals surface area (Å²) < 4.78 is 19.0. The van der Waals surface area contributed by atoms with Gasteiger partial charge in [-0.1, -0.05) is 36.4 Å². The molecule has 0 radical (unpaired) electrons. The van der Waals surface area contributed by atoms with Crippen molar-refractivity contribution < 1.29 is 13.9 Å². The summed E-state index contributed by atoms with van der Waals surface area (Å²) in [5.41, 5.74) is 2.30. The zero-order valence-corrected chi connectivity index (χ0v) is 15.7. The molecule has 0 saturated heterocycles. The molecular formula is C21H21FN4O2. The van der Waals surface area contributed by atoms with Crippen LogP contribution in [0.2, 0.25) is 0 Å². The number of aromatic nitrogens is 2. The highest BCUT2D eigenvalue weighted by Gasteiger charge is 2.13. The maximum Gasteiger partial charge on any atom is 0.254 e. The molecule has 1 aromatic heterocycles. The minimum absolute atomic E-state index is 0.255. The Morgan fingerprint density at radius 1 is 1.07 bits per heavy atom. The van der Waals surface area contributed by atoms with Crippen LogP contribution in [-0.2, 0) is 13.1 Å². The normalized spacial score (nSPS) is 10.4. The van der Waals surface area contributed by atoms with Gasteiger partial charge in [0.2, 0.25) is 5.95 Å². The van der Waals surface area contributed by atoms with Crippen molar-refractivity contribution in [1.29, 1.82) is 0 Å². The number of para-hydroxylation sites is 1. The molecule has 1 heterocycles. The van der Waals surface area contributed by atoms with Gasteiger partial charge in [0.15, 0.2) is 0 Å². The summed E-state index contributed by atoms with van der Waals surface area (Å²) in [6.07, 6.45) is 1.46. The molecule has 3 aromatic rings. The zero-order chi connectivity index (χ0) is 19.9. The summed E-state index contributed by atoms with van der Waals surface area (Å²) in [5, 5.41) is 5.82. The van der Waals surface area contributed by atoms with E-state index >= 15 is 0 Å². The van der Waals surface area contributed by atoms with Crippen LogP contribution in [0, 0.1) is 12.7 Å². The molecule has 7 heteroatoms. The van der Waals surface area contributed by atoms with Gasteiger partial charge in [-0.2, -0.15) is 0 Å². The van der Waals surface area contributed by atoms with E-state index in [-0.39, 0.29) is 18.3 Å². The number of amides is 1. The molecule has 0 aliphatic rings. The fraction of sp³-hybridized carbons (Fsp3) is 0.190. The fourth-order valence-corrected chi connectivity index (χ4v) is 2.71. The molecule has 1 amide bonds. The molecule has 144 valence electrons. The van der Waals surface area contributed by atoms with Crippen LogP contribution in [0.3, 0.4) is 0 Å². The monoisotopic (exact) mass is 380 g/mol. The van der Waals surface area contributed by atoms with Crippen molar-refractivity contribution in [2.45, 2.75) is 20.0 Å². The third-order valence-electron chi connectivity index (χ3n) is 4.25. The van der Waals surface area contributed by atoms with Gasteiger partial charge in [0.1, 0.15) is 11.6 Å². The molecule has 0 bridgehead atoms. The van der Waals surface area contributed by atoms with Gasteiger partial charge in [0, 0.05) is 30.4 Å². The number of nitrogens with one attached hydrogen (secondary N) is 2. The van der Waals surface area contributed by atoms with Gasteiger partial charge in [-0.25, -0.2) is 14.4 Å². The first-order valence-corrected chi connectivity index (χ1v) is 8.79. The quantitative estimate of drug-likeness (QED) is 0.656. The molecule has 2 N–H and O–H groups in total. The van der Waals surface area contributed by atoms with Gasteiger partial charge in [-0.3, -0.25) is 4.79 Å². The number of hydrogen-bond donors (Lipinski definition) is 2. The predicted molar refractivity (Wildman–Crippen MR) is 105 cm³/mol. The average molecular weight is 380 g/mol. The lowest BCUT2D eigenvalue weighted by Crippen LogP contribution is -2.24. The molecule has 0 saturated carbocycles. The van der Waals surface area contributed by atoms with Gasteiger partial charge in [0.25, 0.3) is 5.91 Å². The van der Waals surface area contributed by atoms with Crippen LogP contribution in [0.4, 0.5) is 10.3 Å². The maximum absolute atomic E-state index is 13.7. The minimum Gasteiger partial charge on any atom is -0.496 e. The summed E-state index contributed by atoms with van der Waals surface area (Å²) in [7, 11) is 1.59. The Morgan fingerprint density at radius 2 is 1.79 bits per heavy atom. The summed E-state index contributed by atoms with van der Waals surface area (Å²) in [5.74, 6) is 0.480. The highest BCUT2D eigenvalue weighted by Crippen LogP contribution is 2.17. The third-order valence-corrected chi connectivity index (χ3v) is 4.25. The van der Waals surface area contributed by atoms with E-state index in [1.165, 1.54) is 12.3 Å². The van der Waals surface area contributed by atoms with E-state index < -0.39 is 0 Å².